The molecule has 0 radical (unpaired) electrons. The Balaban J connectivity index is 1.74. The molecule has 0 aliphatic carbocycles. The van der Waals surface area contributed by atoms with E-state index in [1.54, 1.807) is 81.4 Å². The molecule has 0 saturated heterocycles. The first kappa shape index (κ1) is 28.4. The number of benzene rings is 3. The number of rotatable bonds is 7. The van der Waals surface area contributed by atoms with E-state index in [1.807, 2.05) is 13.8 Å². The highest BCUT2D eigenvalue weighted by atomic mass is 32.2. The monoisotopic (exact) mass is 568 g/mol. The van der Waals surface area contributed by atoms with Crippen molar-refractivity contribution in [1.29, 1.82) is 0 Å². The number of carbonyl (C=O) groups is 1. The zero-order chi connectivity index (χ0) is 28.6. The summed E-state index contributed by atoms with van der Waals surface area (Å²) in [5, 5.41) is 0.644. The van der Waals surface area contributed by atoms with Gasteiger partial charge < -0.3 is 4.74 Å². The second-order valence-electron chi connectivity index (χ2n) is 10.4. The molecule has 0 N–H and O–H groups in total. The van der Waals surface area contributed by atoms with Crippen LogP contribution in [0.3, 0.4) is 0 Å². The standard InChI is InChI=1S/C29H32N2O6S2/c1-21-10-14-24(15-11-21)38(33,34)30(28(32)37-29(3,4)5)19-18-23-20-31(27-9-7-6-8-26(23)27)39(35,36)25-16-12-22(2)13-17-25/h6-17,20H,18-19H2,1-5H3. The summed E-state index contributed by atoms with van der Waals surface area (Å²) in [6.07, 6.45) is 0.562. The number of fused-ring (bicyclic) bond motifs is 1. The summed E-state index contributed by atoms with van der Waals surface area (Å²) in [4.78, 5) is 13.2. The number of amides is 1. The largest absolute Gasteiger partial charge is 0.443 e. The Morgan fingerprint density at radius 2 is 1.36 bits per heavy atom. The first-order chi connectivity index (χ1) is 18.2. The van der Waals surface area contributed by atoms with E-state index in [4.69, 9.17) is 4.74 Å². The molecule has 1 aromatic heterocycles. The third kappa shape index (κ3) is 6.02. The quantitative estimate of drug-likeness (QED) is 0.285. The highest BCUT2D eigenvalue weighted by Crippen LogP contribution is 2.28. The van der Waals surface area contributed by atoms with Crippen molar-refractivity contribution in [3.8, 4) is 0 Å². The van der Waals surface area contributed by atoms with Gasteiger partial charge in [-0.25, -0.2) is 29.9 Å². The van der Waals surface area contributed by atoms with Crippen molar-refractivity contribution in [2.24, 2.45) is 0 Å². The van der Waals surface area contributed by atoms with Gasteiger partial charge in [-0.2, -0.15) is 0 Å². The average Bonchev–Trinajstić information content (AvgIpc) is 3.23. The van der Waals surface area contributed by atoms with Crippen LogP contribution in [0.5, 0.6) is 0 Å². The van der Waals surface area contributed by atoms with Crippen molar-refractivity contribution in [2.75, 3.05) is 6.54 Å². The maximum Gasteiger partial charge on any atom is 0.424 e. The molecule has 0 aliphatic rings. The summed E-state index contributed by atoms with van der Waals surface area (Å²) in [6.45, 7) is 8.44. The van der Waals surface area contributed by atoms with E-state index < -0.39 is 31.7 Å². The number of hydrogen-bond acceptors (Lipinski definition) is 6. The minimum atomic E-state index is -4.25. The van der Waals surface area contributed by atoms with Gasteiger partial charge in [-0.05, 0) is 76.9 Å². The number of para-hydroxylation sites is 1. The van der Waals surface area contributed by atoms with Gasteiger partial charge >= 0.3 is 6.09 Å². The second-order valence-corrected chi connectivity index (χ2v) is 14.1. The van der Waals surface area contributed by atoms with Gasteiger partial charge in [-0.15, -0.1) is 0 Å². The molecule has 0 fully saturated rings. The van der Waals surface area contributed by atoms with E-state index in [9.17, 15) is 21.6 Å². The van der Waals surface area contributed by atoms with E-state index in [1.165, 1.54) is 22.3 Å². The van der Waals surface area contributed by atoms with Crippen LogP contribution in [0.1, 0.15) is 37.5 Å². The Kier molecular flexibility index (Phi) is 7.64. The molecule has 0 unspecified atom stereocenters. The van der Waals surface area contributed by atoms with Gasteiger partial charge in [0.25, 0.3) is 20.0 Å². The Morgan fingerprint density at radius 3 is 1.92 bits per heavy atom. The predicted molar refractivity (Wildman–Crippen MR) is 151 cm³/mol. The van der Waals surface area contributed by atoms with Crippen molar-refractivity contribution in [1.82, 2.24) is 8.28 Å². The third-order valence-electron chi connectivity index (χ3n) is 6.13. The number of aromatic nitrogens is 1. The summed E-state index contributed by atoms with van der Waals surface area (Å²) in [6, 6.07) is 19.8. The number of aryl methyl sites for hydroxylation is 2. The summed E-state index contributed by atoms with van der Waals surface area (Å²) in [7, 11) is -8.17. The lowest BCUT2D eigenvalue weighted by atomic mass is 10.1. The molecule has 39 heavy (non-hydrogen) atoms. The van der Waals surface area contributed by atoms with Gasteiger partial charge in [0.1, 0.15) is 5.60 Å². The first-order valence-electron chi connectivity index (χ1n) is 12.4. The maximum atomic E-state index is 13.6. The van der Waals surface area contributed by atoms with Crippen molar-refractivity contribution >= 4 is 37.0 Å². The zero-order valence-corrected chi connectivity index (χ0v) is 24.2. The SMILES string of the molecule is Cc1ccc(S(=O)(=O)N(CCc2cn(S(=O)(=O)c3ccc(C)cc3)c3ccccc23)C(=O)OC(C)(C)C)cc1. The fraction of sp³-hybridized carbons (Fsp3) is 0.276. The number of carbonyl (C=O) groups excluding carboxylic acids is 1. The van der Waals surface area contributed by atoms with Crippen LogP contribution in [0.4, 0.5) is 4.79 Å². The highest BCUT2D eigenvalue weighted by molar-refractivity contribution is 7.90. The van der Waals surface area contributed by atoms with Crippen LogP contribution >= 0.6 is 0 Å². The molecule has 10 heteroatoms. The lowest BCUT2D eigenvalue weighted by Gasteiger charge is -2.27. The van der Waals surface area contributed by atoms with Gasteiger partial charge in [0.2, 0.25) is 0 Å². The fourth-order valence-corrected chi connectivity index (χ4v) is 6.81. The molecule has 206 valence electrons. The van der Waals surface area contributed by atoms with Crippen LogP contribution in [0.25, 0.3) is 10.9 Å². The molecule has 1 heterocycles. The maximum absolute atomic E-state index is 13.6. The lowest BCUT2D eigenvalue weighted by molar-refractivity contribution is 0.0392. The van der Waals surface area contributed by atoms with E-state index in [0.717, 1.165) is 11.1 Å². The van der Waals surface area contributed by atoms with Gasteiger partial charge in [-0.1, -0.05) is 53.6 Å². The molecule has 1 amide bonds. The number of hydrogen-bond donors (Lipinski definition) is 0. The van der Waals surface area contributed by atoms with Crippen molar-refractivity contribution in [3.63, 3.8) is 0 Å². The Labute approximate surface area is 229 Å². The Hall–Kier alpha value is -3.63. The van der Waals surface area contributed by atoms with Crippen molar-refractivity contribution in [2.45, 2.75) is 56.4 Å². The lowest BCUT2D eigenvalue weighted by Crippen LogP contribution is -2.41. The molecule has 0 bridgehead atoms. The minimum absolute atomic E-state index is 0.0386. The van der Waals surface area contributed by atoms with Crippen molar-refractivity contribution in [3.05, 3.63) is 95.7 Å². The number of ether oxygens (including phenoxy) is 1. The van der Waals surface area contributed by atoms with Crippen LogP contribution in [-0.4, -0.2) is 43.4 Å². The van der Waals surface area contributed by atoms with Crippen LogP contribution in [-0.2, 0) is 31.2 Å². The molecule has 4 rings (SSSR count). The fourth-order valence-electron chi connectivity index (χ4n) is 4.12. The molecule has 0 spiro atoms. The smallest absolute Gasteiger partial charge is 0.424 e. The second kappa shape index (κ2) is 10.5. The molecule has 0 saturated carbocycles. The van der Waals surface area contributed by atoms with Crippen LogP contribution in [0, 0.1) is 13.8 Å². The molecular weight excluding hydrogens is 536 g/mol. The van der Waals surface area contributed by atoms with Gasteiger partial charge in [0.15, 0.2) is 0 Å². The molecule has 0 aliphatic heterocycles. The minimum Gasteiger partial charge on any atom is -0.443 e. The average molecular weight is 569 g/mol. The van der Waals surface area contributed by atoms with E-state index >= 15 is 0 Å². The van der Waals surface area contributed by atoms with Crippen LogP contribution < -0.4 is 0 Å². The Morgan fingerprint density at radius 1 is 0.821 bits per heavy atom. The van der Waals surface area contributed by atoms with Crippen LogP contribution in [0.2, 0.25) is 0 Å². The molecule has 0 atom stereocenters. The van der Waals surface area contributed by atoms with E-state index in [-0.39, 0.29) is 22.8 Å². The molecule has 8 nitrogen and oxygen atoms in total. The van der Waals surface area contributed by atoms with Gasteiger partial charge in [0.05, 0.1) is 15.3 Å². The van der Waals surface area contributed by atoms with Gasteiger partial charge in [0, 0.05) is 18.1 Å². The number of nitrogens with zero attached hydrogens (tertiary/aromatic N) is 2. The van der Waals surface area contributed by atoms with Crippen LogP contribution in [0.15, 0.2) is 88.8 Å². The zero-order valence-electron chi connectivity index (χ0n) is 22.6. The predicted octanol–water partition coefficient (Wildman–Crippen LogP) is 5.66. The summed E-state index contributed by atoms with van der Waals surface area (Å²) >= 11 is 0. The topological polar surface area (TPSA) is 103 Å². The van der Waals surface area contributed by atoms with E-state index in [2.05, 4.69) is 0 Å². The summed E-state index contributed by atoms with van der Waals surface area (Å²) in [5.74, 6) is 0. The van der Waals surface area contributed by atoms with E-state index in [0.29, 0.717) is 20.8 Å². The molecular formula is C29H32N2O6S2. The summed E-state index contributed by atoms with van der Waals surface area (Å²) < 4.78 is 61.5. The summed E-state index contributed by atoms with van der Waals surface area (Å²) in [5.41, 5.74) is 1.92. The Bertz CT molecular complexity index is 1720. The number of sulfonamides is 1. The normalized spacial score (nSPS) is 12.4. The molecule has 3 aromatic carbocycles. The van der Waals surface area contributed by atoms with Gasteiger partial charge in [-0.3, -0.25) is 0 Å². The van der Waals surface area contributed by atoms with Crippen molar-refractivity contribution < 1.29 is 26.4 Å². The molecule has 4 aromatic rings. The first-order valence-corrected chi connectivity index (χ1v) is 15.3. The highest BCUT2D eigenvalue weighted by Gasteiger charge is 2.33. The third-order valence-corrected chi connectivity index (χ3v) is 9.60.